The Morgan fingerprint density at radius 2 is 2.05 bits per heavy atom. The van der Waals surface area contributed by atoms with Crippen molar-refractivity contribution in [3.05, 3.63) is 29.8 Å². The summed E-state index contributed by atoms with van der Waals surface area (Å²) in [5, 5.41) is 2.00. The number of nitrogens with one attached hydrogen (secondary N) is 1. The molecule has 0 aliphatic carbocycles. The zero-order chi connectivity index (χ0) is 15.9. The highest BCUT2D eigenvalue weighted by Gasteiger charge is 2.26. The van der Waals surface area contributed by atoms with Gasteiger partial charge in [0.1, 0.15) is 0 Å². The van der Waals surface area contributed by atoms with Crippen LogP contribution in [0.15, 0.2) is 24.3 Å². The highest BCUT2D eigenvalue weighted by molar-refractivity contribution is 5.81. The van der Waals surface area contributed by atoms with Crippen LogP contribution in [0.3, 0.4) is 0 Å². The highest BCUT2D eigenvalue weighted by atomic mass is 16.2. The SMILES string of the molecule is CCc1cccc(N2CCC(CCN(CC)CC)C(=O)N2)c1. The Labute approximate surface area is 134 Å². The number of nitrogens with zero attached hydrogens (tertiary/aromatic N) is 2. The van der Waals surface area contributed by atoms with Crippen molar-refractivity contribution in [2.45, 2.75) is 40.0 Å². The van der Waals surface area contributed by atoms with E-state index >= 15 is 0 Å². The van der Waals surface area contributed by atoms with E-state index in [4.69, 9.17) is 0 Å². The third-order valence-electron chi connectivity index (χ3n) is 4.64. The summed E-state index contributed by atoms with van der Waals surface area (Å²) in [6.07, 6.45) is 2.90. The van der Waals surface area contributed by atoms with Gasteiger partial charge in [-0.3, -0.25) is 15.2 Å². The van der Waals surface area contributed by atoms with Gasteiger partial charge in [-0.25, -0.2) is 0 Å². The van der Waals surface area contributed by atoms with E-state index in [-0.39, 0.29) is 11.8 Å². The number of benzene rings is 1. The Bertz CT molecular complexity index is 485. The van der Waals surface area contributed by atoms with Gasteiger partial charge in [0.25, 0.3) is 0 Å². The maximum atomic E-state index is 12.4. The average molecular weight is 303 g/mol. The monoisotopic (exact) mass is 303 g/mol. The van der Waals surface area contributed by atoms with E-state index in [1.807, 2.05) is 5.01 Å². The van der Waals surface area contributed by atoms with Crippen molar-refractivity contribution in [1.82, 2.24) is 10.3 Å². The number of hydrazine groups is 1. The summed E-state index contributed by atoms with van der Waals surface area (Å²) in [5.74, 6) is 0.312. The first-order chi connectivity index (χ1) is 10.7. The molecule has 1 fully saturated rings. The molecule has 0 bridgehead atoms. The topological polar surface area (TPSA) is 35.6 Å². The molecular formula is C18H29N3O. The first-order valence-electron chi connectivity index (χ1n) is 8.57. The van der Waals surface area contributed by atoms with Gasteiger partial charge in [-0.1, -0.05) is 32.9 Å². The Balaban J connectivity index is 1.90. The standard InChI is InChI=1S/C18H29N3O/c1-4-15-8-7-9-17(14-15)21-13-11-16(18(22)19-21)10-12-20(5-2)6-3/h7-9,14,16H,4-6,10-13H2,1-3H3,(H,19,22). The van der Waals surface area contributed by atoms with Crippen molar-refractivity contribution in [2.24, 2.45) is 5.92 Å². The van der Waals surface area contributed by atoms with E-state index < -0.39 is 0 Å². The molecule has 1 aromatic rings. The van der Waals surface area contributed by atoms with E-state index in [2.05, 4.69) is 55.4 Å². The van der Waals surface area contributed by atoms with Crippen LogP contribution in [-0.4, -0.2) is 37.0 Å². The Kier molecular flexibility index (Phi) is 6.25. The quantitative estimate of drug-likeness (QED) is 0.841. The summed E-state index contributed by atoms with van der Waals surface area (Å²) in [4.78, 5) is 14.7. The van der Waals surface area contributed by atoms with E-state index in [0.717, 1.165) is 51.1 Å². The fourth-order valence-electron chi connectivity index (χ4n) is 2.99. The summed E-state index contributed by atoms with van der Waals surface area (Å²) in [6.45, 7) is 10.5. The molecule has 1 unspecified atom stereocenters. The minimum absolute atomic E-state index is 0.145. The number of amides is 1. The van der Waals surface area contributed by atoms with E-state index in [0.29, 0.717) is 0 Å². The third kappa shape index (κ3) is 4.23. The fourth-order valence-corrected chi connectivity index (χ4v) is 2.99. The minimum Gasteiger partial charge on any atom is -0.304 e. The van der Waals surface area contributed by atoms with E-state index in [1.165, 1.54) is 5.56 Å². The van der Waals surface area contributed by atoms with Gasteiger partial charge in [0, 0.05) is 12.5 Å². The van der Waals surface area contributed by atoms with Gasteiger partial charge in [0.05, 0.1) is 5.69 Å². The van der Waals surface area contributed by atoms with Crippen LogP contribution in [0.25, 0.3) is 0 Å². The van der Waals surface area contributed by atoms with Crippen LogP contribution in [0.4, 0.5) is 5.69 Å². The minimum atomic E-state index is 0.145. The van der Waals surface area contributed by atoms with Crippen LogP contribution in [0, 0.1) is 5.92 Å². The molecule has 1 aromatic carbocycles. The predicted molar refractivity (Wildman–Crippen MR) is 91.8 cm³/mol. The summed E-state index contributed by atoms with van der Waals surface area (Å²) in [7, 11) is 0. The van der Waals surface area contributed by atoms with Crippen molar-refractivity contribution in [1.29, 1.82) is 0 Å². The molecule has 1 amide bonds. The maximum absolute atomic E-state index is 12.4. The number of aryl methyl sites for hydroxylation is 1. The van der Waals surface area contributed by atoms with Crippen LogP contribution in [0.2, 0.25) is 0 Å². The maximum Gasteiger partial charge on any atom is 0.241 e. The summed E-state index contributed by atoms with van der Waals surface area (Å²) < 4.78 is 0. The van der Waals surface area contributed by atoms with Crippen molar-refractivity contribution in [2.75, 3.05) is 31.2 Å². The Hall–Kier alpha value is -1.55. The molecule has 122 valence electrons. The second-order valence-corrected chi connectivity index (χ2v) is 5.95. The highest BCUT2D eigenvalue weighted by Crippen LogP contribution is 2.21. The largest absolute Gasteiger partial charge is 0.304 e. The van der Waals surface area contributed by atoms with Crippen LogP contribution in [0.5, 0.6) is 0 Å². The van der Waals surface area contributed by atoms with Crippen molar-refractivity contribution >= 4 is 11.6 Å². The molecule has 1 N–H and O–H groups in total. The lowest BCUT2D eigenvalue weighted by Gasteiger charge is -2.34. The second-order valence-electron chi connectivity index (χ2n) is 5.95. The number of hydrogen-bond acceptors (Lipinski definition) is 3. The van der Waals surface area contributed by atoms with Crippen LogP contribution in [0.1, 0.15) is 39.2 Å². The first-order valence-corrected chi connectivity index (χ1v) is 8.57. The van der Waals surface area contributed by atoms with Gasteiger partial charge in [0.2, 0.25) is 5.91 Å². The number of anilines is 1. The van der Waals surface area contributed by atoms with Gasteiger partial charge >= 0.3 is 0 Å². The van der Waals surface area contributed by atoms with Crippen LogP contribution >= 0.6 is 0 Å². The Morgan fingerprint density at radius 3 is 2.68 bits per heavy atom. The molecule has 22 heavy (non-hydrogen) atoms. The van der Waals surface area contributed by atoms with Gasteiger partial charge < -0.3 is 4.90 Å². The molecule has 4 nitrogen and oxygen atoms in total. The van der Waals surface area contributed by atoms with Crippen LogP contribution < -0.4 is 10.4 Å². The van der Waals surface area contributed by atoms with Gasteiger partial charge in [-0.05, 0) is 56.6 Å². The third-order valence-corrected chi connectivity index (χ3v) is 4.64. The molecule has 0 radical (unpaired) electrons. The number of rotatable bonds is 7. The second kappa shape index (κ2) is 8.18. The molecule has 1 atom stereocenters. The van der Waals surface area contributed by atoms with Crippen LogP contribution in [-0.2, 0) is 11.2 Å². The molecule has 1 aliphatic rings. The van der Waals surface area contributed by atoms with Gasteiger partial charge in [-0.15, -0.1) is 0 Å². The Morgan fingerprint density at radius 1 is 1.27 bits per heavy atom. The molecule has 1 saturated heterocycles. The smallest absolute Gasteiger partial charge is 0.241 e. The summed E-state index contributed by atoms with van der Waals surface area (Å²) in [6, 6.07) is 8.42. The molecule has 4 heteroatoms. The normalized spacial score (nSPS) is 18.6. The van der Waals surface area contributed by atoms with E-state index in [9.17, 15) is 4.79 Å². The fraction of sp³-hybridized carbons (Fsp3) is 0.611. The summed E-state index contributed by atoms with van der Waals surface area (Å²) >= 11 is 0. The van der Waals surface area contributed by atoms with Crippen molar-refractivity contribution < 1.29 is 4.79 Å². The number of hydrogen-bond donors (Lipinski definition) is 1. The zero-order valence-corrected chi connectivity index (χ0v) is 14.1. The molecule has 0 aromatic heterocycles. The lowest BCUT2D eigenvalue weighted by molar-refractivity contribution is -0.127. The number of carbonyl (C=O) groups is 1. The van der Waals surface area contributed by atoms with Crippen molar-refractivity contribution in [3.63, 3.8) is 0 Å². The predicted octanol–water partition coefficient (Wildman–Crippen LogP) is 2.84. The average Bonchev–Trinajstić information content (AvgIpc) is 2.57. The summed E-state index contributed by atoms with van der Waals surface area (Å²) in [5.41, 5.74) is 5.46. The first kappa shape index (κ1) is 16.8. The molecular weight excluding hydrogens is 274 g/mol. The molecule has 0 spiro atoms. The molecule has 1 heterocycles. The van der Waals surface area contributed by atoms with Crippen molar-refractivity contribution in [3.8, 4) is 0 Å². The van der Waals surface area contributed by atoms with E-state index in [1.54, 1.807) is 0 Å². The molecule has 2 rings (SSSR count). The molecule has 0 saturated carbocycles. The van der Waals surface area contributed by atoms with Gasteiger partial charge in [0.15, 0.2) is 0 Å². The lowest BCUT2D eigenvalue weighted by atomic mass is 9.98. The zero-order valence-electron chi connectivity index (χ0n) is 14.1. The number of carbonyl (C=O) groups excluding carboxylic acids is 1. The lowest BCUT2D eigenvalue weighted by Crippen LogP contribution is -2.51. The molecule has 1 aliphatic heterocycles. The van der Waals surface area contributed by atoms with Gasteiger partial charge in [-0.2, -0.15) is 0 Å².